The SMILES string of the molecule is CCn1cccc1-c1ccccc1.Cc1cc(C)cc(/C(C=N)=C/Cc2ccccc2C)c1. The van der Waals surface area contributed by atoms with Gasteiger partial charge in [-0.2, -0.15) is 0 Å². The van der Waals surface area contributed by atoms with Gasteiger partial charge in [-0.25, -0.2) is 0 Å². The zero-order chi connectivity index (χ0) is 23.6. The summed E-state index contributed by atoms with van der Waals surface area (Å²) in [6, 6.07) is 29.6. The van der Waals surface area contributed by atoms with Crippen LogP contribution >= 0.6 is 0 Å². The quantitative estimate of drug-likeness (QED) is 0.297. The molecule has 0 saturated carbocycles. The molecule has 0 bridgehead atoms. The molecule has 0 spiro atoms. The average molecular weight is 435 g/mol. The van der Waals surface area contributed by atoms with Crippen LogP contribution in [0.2, 0.25) is 0 Å². The third kappa shape index (κ3) is 6.66. The molecular formula is C31H34N2. The maximum absolute atomic E-state index is 7.66. The van der Waals surface area contributed by atoms with Crippen molar-refractivity contribution in [3.05, 3.63) is 125 Å². The van der Waals surface area contributed by atoms with Crippen LogP contribution in [0.25, 0.3) is 16.8 Å². The standard InChI is InChI=1S/C19H21N.C12H13N/c1-14-10-15(2)12-19(11-14)18(13-20)9-8-17-7-5-4-6-16(17)3;1-2-13-10-6-9-12(13)11-7-4-3-5-8-11/h4-7,9-13,20H,8H2,1-3H3;3-10H,2H2,1H3/b18-9+,20-13?;. The Labute approximate surface area is 198 Å². The predicted octanol–water partition coefficient (Wildman–Crippen LogP) is 8.06. The molecule has 33 heavy (non-hydrogen) atoms. The van der Waals surface area contributed by atoms with Gasteiger partial charge in [0, 0.05) is 24.7 Å². The molecule has 0 aliphatic rings. The Morgan fingerprint density at radius 2 is 1.48 bits per heavy atom. The predicted molar refractivity (Wildman–Crippen MR) is 143 cm³/mol. The maximum Gasteiger partial charge on any atom is 0.0480 e. The molecule has 0 aliphatic carbocycles. The summed E-state index contributed by atoms with van der Waals surface area (Å²) >= 11 is 0. The van der Waals surface area contributed by atoms with Crippen molar-refractivity contribution in [2.45, 2.75) is 40.7 Å². The lowest BCUT2D eigenvalue weighted by atomic mass is 9.98. The molecule has 0 amide bonds. The third-order valence-corrected chi connectivity index (χ3v) is 5.75. The number of hydrogen-bond donors (Lipinski definition) is 1. The molecule has 0 fully saturated rings. The van der Waals surface area contributed by atoms with Crippen LogP contribution < -0.4 is 0 Å². The van der Waals surface area contributed by atoms with Gasteiger partial charge in [0.05, 0.1) is 0 Å². The van der Waals surface area contributed by atoms with Crippen molar-refractivity contribution in [1.29, 1.82) is 5.41 Å². The highest BCUT2D eigenvalue weighted by Crippen LogP contribution is 2.20. The summed E-state index contributed by atoms with van der Waals surface area (Å²) in [6.45, 7) is 9.51. The minimum absolute atomic E-state index is 0.865. The highest BCUT2D eigenvalue weighted by molar-refractivity contribution is 6.08. The number of nitrogens with one attached hydrogen (secondary N) is 1. The van der Waals surface area contributed by atoms with Gasteiger partial charge >= 0.3 is 0 Å². The second kappa shape index (κ2) is 11.8. The summed E-state index contributed by atoms with van der Waals surface area (Å²) in [4.78, 5) is 0. The highest BCUT2D eigenvalue weighted by Gasteiger charge is 2.02. The topological polar surface area (TPSA) is 28.8 Å². The van der Waals surface area contributed by atoms with Crippen LogP contribution in [-0.4, -0.2) is 10.8 Å². The van der Waals surface area contributed by atoms with Crippen LogP contribution in [0, 0.1) is 26.2 Å². The van der Waals surface area contributed by atoms with Crippen LogP contribution in [-0.2, 0) is 13.0 Å². The molecule has 1 aromatic heterocycles. The van der Waals surface area contributed by atoms with E-state index in [0.29, 0.717) is 0 Å². The molecule has 3 aromatic carbocycles. The van der Waals surface area contributed by atoms with E-state index >= 15 is 0 Å². The van der Waals surface area contributed by atoms with E-state index in [1.54, 1.807) is 0 Å². The van der Waals surface area contributed by atoms with Crippen LogP contribution in [0.5, 0.6) is 0 Å². The Kier molecular flexibility index (Phi) is 8.60. The van der Waals surface area contributed by atoms with E-state index in [-0.39, 0.29) is 0 Å². The Balaban J connectivity index is 0.000000203. The first-order chi connectivity index (χ1) is 16.0. The van der Waals surface area contributed by atoms with E-state index in [1.165, 1.54) is 39.7 Å². The number of nitrogens with zero attached hydrogens (tertiary/aromatic N) is 1. The van der Waals surface area contributed by atoms with Gasteiger partial charge in [0.2, 0.25) is 0 Å². The molecular weight excluding hydrogens is 400 g/mol. The monoisotopic (exact) mass is 434 g/mol. The van der Waals surface area contributed by atoms with Crippen LogP contribution in [0.3, 0.4) is 0 Å². The smallest absolute Gasteiger partial charge is 0.0480 e. The number of aryl methyl sites for hydroxylation is 4. The van der Waals surface area contributed by atoms with Crippen molar-refractivity contribution in [3.8, 4) is 11.3 Å². The van der Waals surface area contributed by atoms with Crippen LogP contribution in [0.4, 0.5) is 0 Å². The van der Waals surface area contributed by atoms with Gasteiger partial charge in [-0.1, -0.05) is 90.0 Å². The molecule has 168 valence electrons. The van der Waals surface area contributed by atoms with Gasteiger partial charge in [-0.3, -0.25) is 0 Å². The first kappa shape index (κ1) is 24.0. The fourth-order valence-electron chi connectivity index (χ4n) is 4.02. The Morgan fingerprint density at radius 1 is 0.818 bits per heavy atom. The lowest BCUT2D eigenvalue weighted by Gasteiger charge is -2.07. The van der Waals surface area contributed by atoms with Crippen molar-refractivity contribution in [3.63, 3.8) is 0 Å². The molecule has 2 nitrogen and oxygen atoms in total. The third-order valence-electron chi connectivity index (χ3n) is 5.75. The Bertz CT molecular complexity index is 1190. The maximum atomic E-state index is 7.66. The van der Waals surface area contributed by atoms with E-state index in [4.69, 9.17) is 5.41 Å². The summed E-state index contributed by atoms with van der Waals surface area (Å²) in [7, 11) is 0. The minimum Gasteiger partial charge on any atom is -0.348 e. The van der Waals surface area contributed by atoms with E-state index in [2.05, 4.69) is 123 Å². The zero-order valence-corrected chi connectivity index (χ0v) is 20.2. The number of benzene rings is 3. The molecule has 1 heterocycles. The molecule has 0 atom stereocenters. The van der Waals surface area contributed by atoms with E-state index in [9.17, 15) is 0 Å². The summed E-state index contributed by atoms with van der Waals surface area (Å²) in [5.41, 5.74) is 9.79. The van der Waals surface area contributed by atoms with Gasteiger partial charge in [0.15, 0.2) is 0 Å². The summed E-state index contributed by atoms with van der Waals surface area (Å²) in [6.07, 6.45) is 6.57. The van der Waals surface area contributed by atoms with E-state index < -0.39 is 0 Å². The van der Waals surface area contributed by atoms with Gasteiger partial charge in [-0.15, -0.1) is 0 Å². The fourth-order valence-corrected chi connectivity index (χ4v) is 4.02. The van der Waals surface area contributed by atoms with Crippen LogP contribution in [0.15, 0.2) is 97.2 Å². The van der Waals surface area contributed by atoms with E-state index in [1.807, 2.05) is 6.07 Å². The lowest BCUT2D eigenvalue weighted by Crippen LogP contribution is -1.93. The number of rotatable bonds is 6. The summed E-state index contributed by atoms with van der Waals surface area (Å²) in [5.74, 6) is 0. The normalized spacial score (nSPS) is 11.0. The Hall–Kier alpha value is -3.65. The first-order valence-electron chi connectivity index (χ1n) is 11.6. The molecule has 4 aromatic rings. The van der Waals surface area contributed by atoms with Gasteiger partial charge in [0.1, 0.15) is 0 Å². The minimum atomic E-state index is 0.865. The molecule has 0 saturated heterocycles. The zero-order valence-electron chi connectivity index (χ0n) is 20.2. The average Bonchev–Trinajstić information content (AvgIpc) is 3.30. The van der Waals surface area contributed by atoms with Crippen molar-refractivity contribution in [2.24, 2.45) is 0 Å². The molecule has 4 rings (SSSR count). The Morgan fingerprint density at radius 3 is 2.12 bits per heavy atom. The second-order valence-corrected chi connectivity index (χ2v) is 8.36. The molecule has 0 radical (unpaired) electrons. The number of hydrogen-bond acceptors (Lipinski definition) is 1. The van der Waals surface area contributed by atoms with Crippen molar-refractivity contribution >= 4 is 11.8 Å². The first-order valence-corrected chi connectivity index (χ1v) is 11.6. The summed E-state index contributed by atoms with van der Waals surface area (Å²) < 4.78 is 2.25. The highest BCUT2D eigenvalue weighted by atomic mass is 15.0. The largest absolute Gasteiger partial charge is 0.348 e. The molecule has 0 unspecified atom stereocenters. The number of allylic oxidation sites excluding steroid dienone is 2. The fraction of sp³-hybridized carbons (Fsp3) is 0.194. The number of aromatic nitrogens is 1. The molecule has 2 heteroatoms. The van der Waals surface area contributed by atoms with Crippen molar-refractivity contribution in [1.82, 2.24) is 4.57 Å². The molecule has 0 aliphatic heterocycles. The molecule has 1 N–H and O–H groups in total. The second-order valence-electron chi connectivity index (χ2n) is 8.36. The summed E-state index contributed by atoms with van der Waals surface area (Å²) in [5, 5.41) is 7.66. The van der Waals surface area contributed by atoms with E-state index in [0.717, 1.165) is 24.1 Å². The van der Waals surface area contributed by atoms with Gasteiger partial charge in [-0.05, 0) is 74.1 Å². The van der Waals surface area contributed by atoms with Crippen LogP contribution in [0.1, 0.15) is 34.7 Å². The van der Waals surface area contributed by atoms with Crippen molar-refractivity contribution < 1.29 is 0 Å². The van der Waals surface area contributed by atoms with Gasteiger partial charge < -0.3 is 9.98 Å². The lowest BCUT2D eigenvalue weighted by molar-refractivity contribution is 0.777. The van der Waals surface area contributed by atoms with Crippen molar-refractivity contribution in [2.75, 3.05) is 0 Å². The van der Waals surface area contributed by atoms with Gasteiger partial charge in [0.25, 0.3) is 0 Å².